The summed E-state index contributed by atoms with van der Waals surface area (Å²) in [6.07, 6.45) is 13.9. The van der Waals surface area contributed by atoms with E-state index < -0.39 is 0 Å². The molecule has 0 heterocycles. The molecule has 0 aliphatic heterocycles. The van der Waals surface area contributed by atoms with Gasteiger partial charge in [-0.1, -0.05) is 76.8 Å². The third-order valence-electron chi connectivity index (χ3n) is 5.09. The van der Waals surface area contributed by atoms with Gasteiger partial charge in [0.25, 0.3) is 0 Å². The predicted molar refractivity (Wildman–Crippen MR) is 118 cm³/mol. The first-order valence-electron chi connectivity index (χ1n) is 11.7. The van der Waals surface area contributed by atoms with Gasteiger partial charge in [0.2, 0.25) is 0 Å². The molecule has 5 heteroatoms. The topological polar surface area (TPSA) is 52.6 Å². The molecule has 1 aromatic rings. The Morgan fingerprint density at radius 2 is 1.20 bits per heavy atom. The standard InChI is InChI=1S/C25H39FO4/c1-2-3-4-5-6-7-8-9-10-11-20-29-24(27)13-12-14-25(28)30-21-19-22-15-17-23(26)18-16-22/h15-18H,2-14,19-21H2,1H3. The second-order valence-electron chi connectivity index (χ2n) is 7.85. The van der Waals surface area contributed by atoms with E-state index >= 15 is 0 Å². The average Bonchev–Trinajstić information content (AvgIpc) is 2.73. The van der Waals surface area contributed by atoms with E-state index in [9.17, 15) is 14.0 Å². The van der Waals surface area contributed by atoms with Crippen LogP contribution in [-0.4, -0.2) is 25.2 Å². The van der Waals surface area contributed by atoms with Gasteiger partial charge in [0.05, 0.1) is 13.2 Å². The van der Waals surface area contributed by atoms with Crippen molar-refractivity contribution in [1.82, 2.24) is 0 Å². The zero-order valence-electron chi connectivity index (χ0n) is 18.6. The summed E-state index contributed by atoms with van der Waals surface area (Å²) >= 11 is 0. The second kappa shape index (κ2) is 17.9. The monoisotopic (exact) mass is 422 g/mol. The highest BCUT2D eigenvalue weighted by molar-refractivity contribution is 5.72. The summed E-state index contributed by atoms with van der Waals surface area (Å²) < 4.78 is 23.2. The lowest BCUT2D eigenvalue weighted by atomic mass is 10.1. The third kappa shape index (κ3) is 15.0. The maximum atomic E-state index is 12.8. The predicted octanol–water partition coefficient (Wildman–Crippen LogP) is 6.55. The van der Waals surface area contributed by atoms with Gasteiger partial charge < -0.3 is 9.47 Å². The minimum Gasteiger partial charge on any atom is -0.466 e. The molecular weight excluding hydrogens is 383 g/mol. The summed E-state index contributed by atoms with van der Waals surface area (Å²) in [7, 11) is 0. The van der Waals surface area contributed by atoms with E-state index in [-0.39, 0.29) is 37.2 Å². The van der Waals surface area contributed by atoms with Gasteiger partial charge in [-0.05, 0) is 30.5 Å². The Balaban J connectivity index is 1.88. The molecule has 0 saturated heterocycles. The molecule has 1 aromatic carbocycles. The van der Waals surface area contributed by atoms with E-state index in [2.05, 4.69) is 6.92 Å². The molecule has 0 bridgehead atoms. The van der Waals surface area contributed by atoms with Gasteiger partial charge in [-0.15, -0.1) is 0 Å². The quantitative estimate of drug-likeness (QED) is 0.199. The minimum atomic E-state index is -0.320. The summed E-state index contributed by atoms with van der Waals surface area (Å²) in [4.78, 5) is 23.4. The SMILES string of the molecule is CCCCCCCCCCCCOC(=O)CCCC(=O)OCCc1ccc(F)cc1. The largest absolute Gasteiger partial charge is 0.466 e. The maximum absolute atomic E-state index is 12.8. The highest BCUT2D eigenvalue weighted by Gasteiger charge is 2.07. The Morgan fingerprint density at radius 3 is 1.77 bits per heavy atom. The molecule has 30 heavy (non-hydrogen) atoms. The summed E-state index contributed by atoms with van der Waals surface area (Å²) in [6, 6.07) is 6.12. The van der Waals surface area contributed by atoms with Crippen LogP contribution in [0.1, 0.15) is 96.0 Å². The van der Waals surface area contributed by atoms with Crippen molar-refractivity contribution in [3.05, 3.63) is 35.6 Å². The van der Waals surface area contributed by atoms with Crippen molar-refractivity contribution < 1.29 is 23.5 Å². The molecule has 0 saturated carbocycles. The Labute approximate surface area is 181 Å². The van der Waals surface area contributed by atoms with Crippen LogP contribution in [-0.2, 0) is 25.5 Å². The number of halogens is 1. The first-order chi connectivity index (χ1) is 14.6. The number of unbranched alkanes of at least 4 members (excludes halogenated alkanes) is 9. The van der Waals surface area contributed by atoms with E-state index in [1.165, 1.54) is 63.5 Å². The Bertz CT molecular complexity index is 571. The molecule has 0 aliphatic rings. The number of ether oxygens (including phenoxy) is 2. The highest BCUT2D eigenvalue weighted by atomic mass is 19.1. The molecule has 0 atom stereocenters. The molecule has 4 nitrogen and oxygen atoms in total. The van der Waals surface area contributed by atoms with Crippen LogP contribution in [0.2, 0.25) is 0 Å². The van der Waals surface area contributed by atoms with Gasteiger partial charge in [0, 0.05) is 19.3 Å². The molecular formula is C25H39FO4. The molecule has 0 N–H and O–H groups in total. The van der Waals surface area contributed by atoms with Gasteiger partial charge in [-0.3, -0.25) is 9.59 Å². The van der Waals surface area contributed by atoms with Crippen LogP contribution < -0.4 is 0 Å². The van der Waals surface area contributed by atoms with Crippen LogP contribution in [0.25, 0.3) is 0 Å². The molecule has 1 rings (SSSR count). The van der Waals surface area contributed by atoms with Crippen LogP contribution in [0.4, 0.5) is 4.39 Å². The van der Waals surface area contributed by atoms with Gasteiger partial charge in [-0.2, -0.15) is 0 Å². The minimum absolute atomic E-state index is 0.205. The Hall–Kier alpha value is -1.91. The molecule has 0 fully saturated rings. The van der Waals surface area contributed by atoms with Gasteiger partial charge in [0.15, 0.2) is 0 Å². The van der Waals surface area contributed by atoms with Crippen molar-refractivity contribution >= 4 is 11.9 Å². The van der Waals surface area contributed by atoms with Gasteiger partial charge in [-0.25, -0.2) is 4.39 Å². The van der Waals surface area contributed by atoms with Crippen molar-refractivity contribution in [1.29, 1.82) is 0 Å². The Kier molecular flexibility index (Phi) is 15.6. The first-order valence-corrected chi connectivity index (χ1v) is 11.7. The number of hydrogen-bond acceptors (Lipinski definition) is 4. The number of rotatable bonds is 18. The lowest BCUT2D eigenvalue weighted by molar-refractivity contribution is -0.145. The van der Waals surface area contributed by atoms with E-state index in [0.717, 1.165) is 18.4 Å². The van der Waals surface area contributed by atoms with Gasteiger partial charge >= 0.3 is 11.9 Å². The van der Waals surface area contributed by atoms with E-state index in [0.29, 0.717) is 19.4 Å². The zero-order chi connectivity index (χ0) is 21.9. The van der Waals surface area contributed by atoms with Crippen LogP contribution in [0.5, 0.6) is 0 Å². The summed E-state index contributed by atoms with van der Waals surface area (Å²) in [5.74, 6) is -0.847. The van der Waals surface area contributed by atoms with Crippen molar-refractivity contribution in [2.45, 2.75) is 96.8 Å². The van der Waals surface area contributed by atoms with Crippen molar-refractivity contribution in [2.75, 3.05) is 13.2 Å². The van der Waals surface area contributed by atoms with Crippen molar-refractivity contribution in [2.24, 2.45) is 0 Å². The number of benzene rings is 1. The second-order valence-corrected chi connectivity index (χ2v) is 7.85. The lowest BCUT2D eigenvalue weighted by Gasteiger charge is -2.06. The molecule has 0 amide bonds. The summed E-state index contributed by atoms with van der Waals surface area (Å²) in [5.41, 5.74) is 0.916. The number of carbonyl (C=O) groups is 2. The highest BCUT2D eigenvalue weighted by Crippen LogP contribution is 2.11. The van der Waals surface area contributed by atoms with Crippen LogP contribution in [0.3, 0.4) is 0 Å². The van der Waals surface area contributed by atoms with E-state index in [1.54, 1.807) is 12.1 Å². The maximum Gasteiger partial charge on any atom is 0.305 e. The average molecular weight is 423 g/mol. The molecule has 0 spiro atoms. The van der Waals surface area contributed by atoms with Crippen LogP contribution in [0.15, 0.2) is 24.3 Å². The Morgan fingerprint density at radius 1 is 0.700 bits per heavy atom. The van der Waals surface area contributed by atoms with Gasteiger partial charge in [0.1, 0.15) is 5.82 Å². The number of esters is 2. The zero-order valence-corrected chi connectivity index (χ0v) is 18.6. The van der Waals surface area contributed by atoms with E-state index in [4.69, 9.17) is 9.47 Å². The number of carbonyl (C=O) groups excluding carboxylic acids is 2. The molecule has 0 unspecified atom stereocenters. The number of hydrogen-bond donors (Lipinski definition) is 0. The van der Waals surface area contributed by atoms with Crippen LogP contribution in [0, 0.1) is 5.82 Å². The van der Waals surface area contributed by atoms with Crippen molar-refractivity contribution in [3.8, 4) is 0 Å². The molecule has 0 radical (unpaired) electrons. The van der Waals surface area contributed by atoms with Crippen molar-refractivity contribution in [3.63, 3.8) is 0 Å². The fraction of sp³-hybridized carbons (Fsp3) is 0.680. The molecule has 0 aromatic heterocycles. The smallest absolute Gasteiger partial charge is 0.305 e. The molecule has 170 valence electrons. The fourth-order valence-corrected chi connectivity index (χ4v) is 3.23. The molecule has 0 aliphatic carbocycles. The third-order valence-corrected chi connectivity index (χ3v) is 5.09. The summed E-state index contributed by atoms with van der Waals surface area (Å²) in [5, 5.41) is 0. The fourth-order valence-electron chi connectivity index (χ4n) is 3.23. The van der Waals surface area contributed by atoms with Crippen LogP contribution >= 0.6 is 0 Å². The lowest BCUT2D eigenvalue weighted by Crippen LogP contribution is -2.10. The van der Waals surface area contributed by atoms with E-state index in [1.807, 2.05) is 0 Å². The normalized spacial score (nSPS) is 10.7. The first kappa shape index (κ1) is 26.1. The summed E-state index contributed by atoms with van der Waals surface area (Å²) in [6.45, 7) is 2.96.